The molecule has 3 nitrogen and oxygen atoms in total. The van der Waals surface area contributed by atoms with Gasteiger partial charge in [0.15, 0.2) is 0 Å². The standard InChI is InChI=1S/C17H28N2O/c1-5-7-15(18)16(20)19-12-17(3,4)14-10-8-13(6-2)9-11-14/h8-11,15H,5-7,12,18H2,1-4H3,(H,19,20). The first-order chi connectivity index (χ1) is 9.40. The normalized spacial score (nSPS) is 13.1. The number of rotatable bonds is 7. The summed E-state index contributed by atoms with van der Waals surface area (Å²) < 4.78 is 0. The molecule has 0 fully saturated rings. The minimum absolute atomic E-state index is 0.0508. The van der Waals surface area contributed by atoms with Gasteiger partial charge in [-0.1, -0.05) is 58.4 Å². The third kappa shape index (κ3) is 4.64. The van der Waals surface area contributed by atoms with Crippen molar-refractivity contribution in [3.05, 3.63) is 35.4 Å². The van der Waals surface area contributed by atoms with E-state index in [1.807, 2.05) is 6.92 Å². The topological polar surface area (TPSA) is 55.1 Å². The van der Waals surface area contributed by atoms with Crippen LogP contribution in [0.1, 0.15) is 51.7 Å². The summed E-state index contributed by atoms with van der Waals surface area (Å²) in [5.74, 6) is -0.0508. The van der Waals surface area contributed by atoms with Crippen LogP contribution in [-0.4, -0.2) is 18.5 Å². The summed E-state index contributed by atoms with van der Waals surface area (Å²) in [5, 5.41) is 2.97. The molecule has 0 aromatic heterocycles. The van der Waals surface area contributed by atoms with E-state index >= 15 is 0 Å². The molecule has 20 heavy (non-hydrogen) atoms. The highest BCUT2D eigenvalue weighted by molar-refractivity contribution is 5.81. The summed E-state index contributed by atoms with van der Waals surface area (Å²) in [4.78, 5) is 11.9. The molecular weight excluding hydrogens is 248 g/mol. The van der Waals surface area contributed by atoms with E-state index in [1.165, 1.54) is 11.1 Å². The van der Waals surface area contributed by atoms with Gasteiger partial charge in [0.25, 0.3) is 0 Å². The van der Waals surface area contributed by atoms with E-state index in [4.69, 9.17) is 5.73 Å². The van der Waals surface area contributed by atoms with Gasteiger partial charge in [0.2, 0.25) is 5.91 Å². The molecule has 1 rings (SSSR count). The number of hydrogen-bond acceptors (Lipinski definition) is 2. The molecule has 1 atom stereocenters. The van der Waals surface area contributed by atoms with Crippen LogP contribution in [0.4, 0.5) is 0 Å². The lowest BCUT2D eigenvalue weighted by atomic mass is 9.84. The average molecular weight is 276 g/mol. The molecule has 0 aliphatic rings. The monoisotopic (exact) mass is 276 g/mol. The minimum atomic E-state index is -0.390. The summed E-state index contributed by atoms with van der Waals surface area (Å²) in [5.41, 5.74) is 8.30. The molecule has 1 aromatic carbocycles. The van der Waals surface area contributed by atoms with Gasteiger partial charge in [-0.05, 0) is 24.0 Å². The number of nitrogens with two attached hydrogens (primary N) is 1. The van der Waals surface area contributed by atoms with Crippen molar-refractivity contribution in [1.29, 1.82) is 0 Å². The van der Waals surface area contributed by atoms with E-state index < -0.39 is 6.04 Å². The fourth-order valence-corrected chi connectivity index (χ4v) is 2.17. The first kappa shape index (κ1) is 16.7. The zero-order chi connectivity index (χ0) is 15.2. The Kier molecular flexibility index (Phi) is 6.21. The third-order valence-electron chi connectivity index (χ3n) is 3.78. The van der Waals surface area contributed by atoms with Crippen LogP contribution in [0, 0.1) is 0 Å². The first-order valence-corrected chi connectivity index (χ1v) is 7.53. The van der Waals surface area contributed by atoms with E-state index in [1.54, 1.807) is 0 Å². The van der Waals surface area contributed by atoms with Crippen LogP contribution in [0.3, 0.4) is 0 Å². The quantitative estimate of drug-likeness (QED) is 0.804. The summed E-state index contributed by atoms with van der Waals surface area (Å²) in [7, 11) is 0. The van der Waals surface area contributed by atoms with Crippen molar-refractivity contribution in [2.75, 3.05) is 6.54 Å². The molecule has 1 unspecified atom stereocenters. The highest BCUT2D eigenvalue weighted by atomic mass is 16.2. The lowest BCUT2D eigenvalue weighted by molar-refractivity contribution is -0.122. The Hall–Kier alpha value is -1.35. The first-order valence-electron chi connectivity index (χ1n) is 7.53. The summed E-state index contributed by atoms with van der Waals surface area (Å²) in [6.45, 7) is 9.07. The average Bonchev–Trinajstić information content (AvgIpc) is 2.45. The minimum Gasteiger partial charge on any atom is -0.354 e. The maximum Gasteiger partial charge on any atom is 0.236 e. The van der Waals surface area contributed by atoms with Crippen LogP contribution >= 0.6 is 0 Å². The number of aryl methyl sites for hydroxylation is 1. The van der Waals surface area contributed by atoms with E-state index in [9.17, 15) is 4.79 Å². The predicted molar refractivity (Wildman–Crippen MR) is 84.7 cm³/mol. The Morgan fingerprint density at radius 3 is 2.35 bits per heavy atom. The number of carbonyl (C=O) groups excluding carboxylic acids is 1. The Bertz CT molecular complexity index is 423. The highest BCUT2D eigenvalue weighted by Crippen LogP contribution is 2.22. The van der Waals surface area contributed by atoms with Crippen molar-refractivity contribution in [3.63, 3.8) is 0 Å². The van der Waals surface area contributed by atoms with Crippen LogP contribution in [-0.2, 0) is 16.6 Å². The summed E-state index contributed by atoms with van der Waals surface area (Å²) in [6.07, 6.45) is 2.71. The molecule has 0 saturated heterocycles. The van der Waals surface area contributed by atoms with Crippen molar-refractivity contribution in [2.24, 2.45) is 5.73 Å². The molecule has 1 amide bonds. The van der Waals surface area contributed by atoms with Crippen LogP contribution < -0.4 is 11.1 Å². The van der Waals surface area contributed by atoms with Gasteiger partial charge < -0.3 is 11.1 Å². The van der Waals surface area contributed by atoms with Crippen molar-refractivity contribution in [2.45, 2.75) is 58.4 Å². The molecule has 0 heterocycles. The number of benzene rings is 1. The van der Waals surface area contributed by atoms with E-state index in [0.29, 0.717) is 6.54 Å². The largest absolute Gasteiger partial charge is 0.354 e. The van der Waals surface area contributed by atoms with Crippen LogP contribution in [0.2, 0.25) is 0 Å². The summed E-state index contributed by atoms with van der Waals surface area (Å²) in [6, 6.07) is 8.22. The second-order valence-electron chi connectivity index (χ2n) is 6.05. The fraction of sp³-hybridized carbons (Fsp3) is 0.588. The number of carbonyl (C=O) groups is 1. The van der Waals surface area contributed by atoms with Gasteiger partial charge in [-0.25, -0.2) is 0 Å². The van der Waals surface area contributed by atoms with E-state index in [-0.39, 0.29) is 11.3 Å². The zero-order valence-corrected chi connectivity index (χ0v) is 13.2. The van der Waals surface area contributed by atoms with Crippen LogP contribution in [0.25, 0.3) is 0 Å². The molecule has 112 valence electrons. The van der Waals surface area contributed by atoms with Gasteiger partial charge >= 0.3 is 0 Å². The Labute approximate surface area is 122 Å². The fourth-order valence-electron chi connectivity index (χ4n) is 2.17. The number of amides is 1. The number of nitrogens with one attached hydrogen (secondary N) is 1. The lowest BCUT2D eigenvalue weighted by Gasteiger charge is -2.26. The van der Waals surface area contributed by atoms with Gasteiger partial charge in [0.05, 0.1) is 6.04 Å². The SMILES string of the molecule is CCCC(N)C(=O)NCC(C)(C)c1ccc(CC)cc1. The van der Waals surface area contributed by atoms with Crippen LogP contribution in [0.5, 0.6) is 0 Å². The smallest absolute Gasteiger partial charge is 0.236 e. The summed E-state index contributed by atoms with van der Waals surface area (Å²) >= 11 is 0. The van der Waals surface area contributed by atoms with Gasteiger partial charge in [-0.15, -0.1) is 0 Å². The van der Waals surface area contributed by atoms with Gasteiger partial charge in [0, 0.05) is 12.0 Å². The van der Waals surface area contributed by atoms with Crippen molar-refractivity contribution in [1.82, 2.24) is 5.32 Å². The number of hydrogen-bond donors (Lipinski definition) is 2. The van der Waals surface area contributed by atoms with E-state index in [0.717, 1.165) is 19.3 Å². The highest BCUT2D eigenvalue weighted by Gasteiger charge is 2.22. The van der Waals surface area contributed by atoms with Crippen molar-refractivity contribution < 1.29 is 4.79 Å². The maximum atomic E-state index is 11.9. The molecule has 0 saturated carbocycles. The van der Waals surface area contributed by atoms with E-state index in [2.05, 4.69) is 50.4 Å². The molecule has 3 heteroatoms. The molecule has 0 spiro atoms. The molecule has 1 aromatic rings. The Morgan fingerprint density at radius 2 is 1.85 bits per heavy atom. The molecule has 3 N–H and O–H groups in total. The van der Waals surface area contributed by atoms with Crippen molar-refractivity contribution in [3.8, 4) is 0 Å². The molecular formula is C17H28N2O. The second kappa shape index (κ2) is 7.44. The van der Waals surface area contributed by atoms with Crippen LogP contribution in [0.15, 0.2) is 24.3 Å². The maximum absolute atomic E-state index is 11.9. The molecule has 0 bridgehead atoms. The molecule has 0 aliphatic carbocycles. The Morgan fingerprint density at radius 1 is 1.25 bits per heavy atom. The second-order valence-corrected chi connectivity index (χ2v) is 6.05. The lowest BCUT2D eigenvalue weighted by Crippen LogP contribution is -2.45. The molecule has 0 radical (unpaired) electrons. The van der Waals surface area contributed by atoms with Gasteiger partial charge in [-0.3, -0.25) is 4.79 Å². The zero-order valence-electron chi connectivity index (χ0n) is 13.2. The molecule has 0 aliphatic heterocycles. The third-order valence-corrected chi connectivity index (χ3v) is 3.78. The van der Waals surface area contributed by atoms with Crippen molar-refractivity contribution >= 4 is 5.91 Å². The van der Waals surface area contributed by atoms with Gasteiger partial charge in [0.1, 0.15) is 0 Å². The Balaban J connectivity index is 2.62. The predicted octanol–water partition coefficient (Wildman–Crippen LogP) is 2.77. The van der Waals surface area contributed by atoms with Gasteiger partial charge in [-0.2, -0.15) is 0 Å².